The second-order valence-corrected chi connectivity index (χ2v) is 8.52. The fraction of sp³-hybridized carbons (Fsp3) is 0.0909. The molecule has 0 spiro atoms. The molecule has 3 aromatic heterocycles. The zero-order valence-electron chi connectivity index (χ0n) is 16.4. The van der Waals surface area contributed by atoms with Crippen molar-refractivity contribution in [1.29, 1.82) is 0 Å². The molecule has 0 radical (unpaired) electrons. The minimum Gasteiger partial charge on any atom is -0.469 e. The van der Waals surface area contributed by atoms with Crippen LogP contribution in [0.5, 0.6) is 0 Å². The van der Waals surface area contributed by atoms with Gasteiger partial charge < -0.3 is 8.83 Å². The van der Waals surface area contributed by atoms with Gasteiger partial charge in [0.05, 0.1) is 17.6 Å². The molecule has 3 heterocycles. The normalized spacial score (nSPS) is 11.2. The highest BCUT2D eigenvalue weighted by molar-refractivity contribution is 9.10. The summed E-state index contributed by atoms with van der Waals surface area (Å²) in [5, 5.41) is 17.9. The first-order valence-electron chi connectivity index (χ1n) is 9.45. The second-order valence-electron chi connectivity index (χ2n) is 6.66. The Morgan fingerprint density at radius 1 is 0.935 bits per heavy atom. The number of hydrogen-bond donors (Lipinski definition) is 0. The SMILES string of the molecule is Cc1occc1-c1nnc(SCc2nnc(-c3ccc(Br)cc3)o2)n1-c1ccccc1. The van der Waals surface area contributed by atoms with Gasteiger partial charge >= 0.3 is 0 Å². The monoisotopic (exact) mass is 493 g/mol. The summed E-state index contributed by atoms with van der Waals surface area (Å²) < 4.78 is 14.3. The van der Waals surface area contributed by atoms with Gasteiger partial charge in [-0.1, -0.05) is 45.9 Å². The molecule has 0 saturated heterocycles. The van der Waals surface area contributed by atoms with Gasteiger partial charge in [0.15, 0.2) is 11.0 Å². The number of nitrogens with zero attached hydrogens (tertiary/aromatic N) is 5. The van der Waals surface area contributed by atoms with Crippen LogP contribution >= 0.6 is 27.7 Å². The molecule has 5 rings (SSSR count). The van der Waals surface area contributed by atoms with E-state index in [4.69, 9.17) is 8.83 Å². The van der Waals surface area contributed by atoms with Gasteiger partial charge in [-0.2, -0.15) is 0 Å². The molecule has 0 N–H and O–H groups in total. The first-order valence-corrected chi connectivity index (χ1v) is 11.2. The van der Waals surface area contributed by atoms with Crippen LogP contribution in [0, 0.1) is 6.92 Å². The summed E-state index contributed by atoms with van der Waals surface area (Å²) in [5.74, 6) is 2.99. The van der Waals surface area contributed by atoms with Gasteiger partial charge in [-0.25, -0.2) is 0 Å². The van der Waals surface area contributed by atoms with E-state index in [-0.39, 0.29) is 0 Å². The van der Waals surface area contributed by atoms with Crippen molar-refractivity contribution in [3.05, 3.63) is 83.1 Å². The molecule has 0 saturated carbocycles. The van der Waals surface area contributed by atoms with Crippen molar-refractivity contribution in [2.75, 3.05) is 0 Å². The number of halogens is 1. The Balaban J connectivity index is 1.43. The van der Waals surface area contributed by atoms with E-state index in [1.54, 1.807) is 6.26 Å². The summed E-state index contributed by atoms with van der Waals surface area (Å²) in [7, 11) is 0. The molecule has 31 heavy (non-hydrogen) atoms. The molecular formula is C22H16BrN5O2S. The molecule has 0 aliphatic rings. The lowest BCUT2D eigenvalue weighted by Crippen LogP contribution is -1.99. The number of aryl methyl sites for hydroxylation is 1. The predicted molar refractivity (Wildman–Crippen MR) is 121 cm³/mol. The van der Waals surface area contributed by atoms with E-state index in [0.717, 1.165) is 38.0 Å². The van der Waals surface area contributed by atoms with Crippen molar-refractivity contribution < 1.29 is 8.83 Å². The third-order valence-corrected chi connectivity index (χ3v) is 6.07. The highest BCUT2D eigenvalue weighted by Gasteiger charge is 2.20. The van der Waals surface area contributed by atoms with Crippen LogP contribution in [-0.2, 0) is 5.75 Å². The van der Waals surface area contributed by atoms with Gasteiger partial charge in [-0.3, -0.25) is 4.57 Å². The number of furan rings is 1. The van der Waals surface area contributed by atoms with Crippen molar-refractivity contribution in [2.45, 2.75) is 17.8 Å². The number of aromatic nitrogens is 5. The molecule has 5 aromatic rings. The number of rotatable bonds is 6. The minimum atomic E-state index is 0.471. The molecule has 0 unspecified atom stereocenters. The molecule has 0 atom stereocenters. The summed E-state index contributed by atoms with van der Waals surface area (Å²) in [6.45, 7) is 1.91. The van der Waals surface area contributed by atoms with Crippen molar-refractivity contribution >= 4 is 27.7 Å². The lowest BCUT2D eigenvalue weighted by Gasteiger charge is -2.09. The minimum absolute atomic E-state index is 0.471. The lowest BCUT2D eigenvalue weighted by molar-refractivity contribution is 0.528. The Morgan fingerprint density at radius 3 is 2.48 bits per heavy atom. The Hall–Kier alpha value is -3.17. The maximum absolute atomic E-state index is 5.84. The van der Waals surface area contributed by atoms with E-state index < -0.39 is 0 Å². The van der Waals surface area contributed by atoms with Crippen LogP contribution in [0.2, 0.25) is 0 Å². The maximum Gasteiger partial charge on any atom is 0.247 e. The van der Waals surface area contributed by atoms with Crippen LogP contribution in [0.4, 0.5) is 0 Å². The van der Waals surface area contributed by atoms with Crippen LogP contribution in [0.1, 0.15) is 11.7 Å². The largest absolute Gasteiger partial charge is 0.469 e. The van der Waals surface area contributed by atoms with Crippen LogP contribution in [0.15, 0.2) is 85.4 Å². The van der Waals surface area contributed by atoms with E-state index in [2.05, 4.69) is 36.3 Å². The Morgan fingerprint density at radius 2 is 1.74 bits per heavy atom. The molecule has 0 aliphatic carbocycles. The van der Waals surface area contributed by atoms with Gasteiger partial charge in [-0.05, 0) is 49.4 Å². The quantitative estimate of drug-likeness (QED) is 0.270. The van der Waals surface area contributed by atoms with Gasteiger partial charge in [0.25, 0.3) is 0 Å². The third-order valence-electron chi connectivity index (χ3n) is 4.63. The van der Waals surface area contributed by atoms with E-state index in [9.17, 15) is 0 Å². The van der Waals surface area contributed by atoms with Gasteiger partial charge in [0.1, 0.15) is 5.76 Å². The van der Waals surface area contributed by atoms with Crippen molar-refractivity contribution in [2.24, 2.45) is 0 Å². The van der Waals surface area contributed by atoms with Gasteiger partial charge in [-0.15, -0.1) is 20.4 Å². The molecule has 9 heteroatoms. The van der Waals surface area contributed by atoms with E-state index in [1.807, 2.05) is 72.2 Å². The molecular weight excluding hydrogens is 478 g/mol. The van der Waals surface area contributed by atoms with Crippen LogP contribution in [-0.4, -0.2) is 25.0 Å². The summed E-state index contributed by atoms with van der Waals surface area (Å²) >= 11 is 4.91. The smallest absolute Gasteiger partial charge is 0.247 e. The van der Waals surface area contributed by atoms with Crippen molar-refractivity contribution in [1.82, 2.24) is 25.0 Å². The fourth-order valence-electron chi connectivity index (χ4n) is 3.11. The molecule has 0 aliphatic heterocycles. The molecule has 7 nitrogen and oxygen atoms in total. The summed E-state index contributed by atoms with van der Waals surface area (Å²) in [6.07, 6.45) is 1.66. The highest BCUT2D eigenvalue weighted by Crippen LogP contribution is 2.31. The van der Waals surface area contributed by atoms with Gasteiger partial charge in [0.2, 0.25) is 11.8 Å². The zero-order valence-corrected chi connectivity index (χ0v) is 18.8. The third kappa shape index (κ3) is 4.06. The van der Waals surface area contributed by atoms with E-state index in [0.29, 0.717) is 17.5 Å². The van der Waals surface area contributed by atoms with Crippen LogP contribution in [0.25, 0.3) is 28.5 Å². The first kappa shape index (κ1) is 19.8. The number of thioether (sulfide) groups is 1. The average molecular weight is 494 g/mol. The van der Waals surface area contributed by atoms with Crippen molar-refractivity contribution in [3.63, 3.8) is 0 Å². The van der Waals surface area contributed by atoms with Crippen LogP contribution < -0.4 is 0 Å². The Kier molecular flexibility index (Phi) is 5.44. The second kappa shape index (κ2) is 8.52. The maximum atomic E-state index is 5.84. The number of hydrogen-bond acceptors (Lipinski definition) is 7. The predicted octanol–water partition coefficient (Wildman–Crippen LogP) is 5.94. The molecule has 154 valence electrons. The lowest BCUT2D eigenvalue weighted by atomic mass is 10.2. The van der Waals surface area contributed by atoms with E-state index in [1.165, 1.54) is 11.8 Å². The molecule has 2 aromatic carbocycles. The molecule has 0 fully saturated rings. The summed E-state index contributed by atoms with van der Waals surface area (Å²) in [4.78, 5) is 0. The standard InChI is InChI=1S/C22H16BrN5O2S/c1-14-18(11-12-29-14)20-25-27-22(28(20)17-5-3-2-4-6-17)31-13-19-24-26-21(30-19)15-7-9-16(23)10-8-15/h2-12H,13H2,1H3. The average Bonchev–Trinajstić information content (AvgIpc) is 3.53. The fourth-order valence-corrected chi connectivity index (χ4v) is 4.17. The van der Waals surface area contributed by atoms with E-state index >= 15 is 0 Å². The van der Waals surface area contributed by atoms with Gasteiger partial charge in [0, 0.05) is 15.7 Å². The van der Waals surface area contributed by atoms with Crippen LogP contribution in [0.3, 0.4) is 0 Å². The van der Waals surface area contributed by atoms with Crippen molar-refractivity contribution in [3.8, 4) is 28.5 Å². The zero-order chi connectivity index (χ0) is 21.2. The summed E-state index contributed by atoms with van der Waals surface area (Å²) in [5.41, 5.74) is 2.74. The highest BCUT2D eigenvalue weighted by atomic mass is 79.9. The molecule has 0 bridgehead atoms. The first-order chi connectivity index (χ1) is 15.2. The topological polar surface area (TPSA) is 82.8 Å². The Bertz CT molecular complexity index is 1310. The molecule has 0 amide bonds. The number of para-hydroxylation sites is 1. The number of benzene rings is 2. The Labute approximate surface area is 190 Å². The summed E-state index contributed by atoms with van der Waals surface area (Å²) in [6, 6.07) is 19.6.